The van der Waals surface area contributed by atoms with Gasteiger partial charge in [-0.25, -0.2) is 0 Å². The highest BCUT2D eigenvalue weighted by molar-refractivity contribution is 8.03. The number of hydrogen-bond donors (Lipinski definition) is 5. The summed E-state index contributed by atoms with van der Waals surface area (Å²) in [4.78, 5) is 12.8. The number of allylic oxidation sites excluding steroid dienone is 2. The Labute approximate surface area is 200 Å². The highest BCUT2D eigenvalue weighted by Gasteiger charge is 2.45. The molecule has 2 aliphatic rings. The number of carbonyl (C=O) groups excluding carboxylic acids is 1. The maximum absolute atomic E-state index is 12.8. The largest absolute Gasteiger partial charge is 0.468 e. The van der Waals surface area contributed by atoms with Crippen molar-refractivity contribution in [2.24, 2.45) is 0 Å². The fourth-order valence-corrected chi connectivity index (χ4v) is 5.29. The van der Waals surface area contributed by atoms with Gasteiger partial charge in [0.2, 0.25) is 0 Å². The molecule has 0 amide bonds. The van der Waals surface area contributed by atoms with Crippen molar-refractivity contribution in [1.29, 1.82) is 5.26 Å². The Morgan fingerprint density at radius 3 is 2.44 bits per heavy atom. The van der Waals surface area contributed by atoms with Gasteiger partial charge in [-0.05, 0) is 24.6 Å². The van der Waals surface area contributed by atoms with E-state index in [4.69, 9.17) is 9.15 Å². The SMILES string of the molecule is CC(=O)C1=C(c2ccccc2)NC(S[C@@H]2O[C@H](CO)[C@@H](O)[C@H](O)[C@H]2O)=C(C#N)C1c1ccco1. The maximum Gasteiger partial charge on any atom is 0.159 e. The monoisotopic (exact) mass is 484 g/mol. The zero-order chi connectivity index (χ0) is 24.4. The van der Waals surface area contributed by atoms with Gasteiger partial charge >= 0.3 is 0 Å². The molecule has 1 unspecified atom stereocenters. The number of ketones is 1. The van der Waals surface area contributed by atoms with E-state index in [-0.39, 0.29) is 16.4 Å². The highest BCUT2D eigenvalue weighted by atomic mass is 32.2. The molecule has 2 aromatic rings. The van der Waals surface area contributed by atoms with Crippen LogP contribution in [0.3, 0.4) is 0 Å². The summed E-state index contributed by atoms with van der Waals surface area (Å²) in [6.45, 7) is 0.846. The molecule has 1 aromatic heterocycles. The lowest BCUT2D eigenvalue weighted by Crippen LogP contribution is -2.57. The molecule has 0 spiro atoms. The zero-order valence-electron chi connectivity index (χ0n) is 18.2. The summed E-state index contributed by atoms with van der Waals surface area (Å²) >= 11 is 0.925. The van der Waals surface area contributed by atoms with Crippen LogP contribution < -0.4 is 5.32 Å². The third-order valence-corrected chi connectivity index (χ3v) is 6.98. The molecule has 0 bridgehead atoms. The summed E-state index contributed by atoms with van der Waals surface area (Å²) in [7, 11) is 0. The molecule has 0 aliphatic carbocycles. The van der Waals surface area contributed by atoms with Crippen LogP contribution in [0.4, 0.5) is 0 Å². The second-order valence-corrected chi connectivity index (χ2v) is 9.06. The molecule has 4 rings (SSSR count). The van der Waals surface area contributed by atoms with Crippen molar-refractivity contribution in [3.05, 3.63) is 76.2 Å². The molecule has 0 saturated carbocycles. The molecule has 34 heavy (non-hydrogen) atoms. The van der Waals surface area contributed by atoms with Crippen molar-refractivity contribution in [2.75, 3.05) is 6.61 Å². The summed E-state index contributed by atoms with van der Waals surface area (Å²) < 4.78 is 11.2. The Hall–Kier alpha value is -2.91. The first-order chi connectivity index (χ1) is 16.4. The first-order valence-electron chi connectivity index (χ1n) is 10.6. The number of nitrogens with one attached hydrogen (secondary N) is 1. The predicted octanol–water partition coefficient (Wildman–Crippen LogP) is 1.23. The van der Waals surface area contributed by atoms with Crippen molar-refractivity contribution >= 4 is 23.2 Å². The fourth-order valence-electron chi connectivity index (χ4n) is 4.11. The number of dihydropyridines is 1. The van der Waals surface area contributed by atoms with Crippen LogP contribution in [0.25, 0.3) is 5.70 Å². The van der Waals surface area contributed by atoms with E-state index in [1.807, 2.05) is 30.3 Å². The number of nitrogens with zero attached hydrogens (tertiary/aromatic N) is 1. The van der Waals surface area contributed by atoms with Crippen LogP contribution in [0.2, 0.25) is 0 Å². The quantitative estimate of drug-likeness (QED) is 0.404. The van der Waals surface area contributed by atoms with Crippen molar-refractivity contribution in [2.45, 2.75) is 42.7 Å². The van der Waals surface area contributed by atoms with Gasteiger partial charge in [-0.1, -0.05) is 42.1 Å². The zero-order valence-corrected chi connectivity index (χ0v) is 19.0. The third-order valence-electron chi connectivity index (χ3n) is 5.80. The molecule has 1 fully saturated rings. The van der Waals surface area contributed by atoms with Crippen molar-refractivity contribution in [3.63, 3.8) is 0 Å². The van der Waals surface area contributed by atoms with E-state index in [1.165, 1.54) is 13.2 Å². The summed E-state index contributed by atoms with van der Waals surface area (Å²) in [5.41, 5.74) is 0.570. The van der Waals surface area contributed by atoms with Crippen molar-refractivity contribution in [3.8, 4) is 6.07 Å². The van der Waals surface area contributed by atoms with Gasteiger partial charge in [0.05, 0.1) is 41.2 Å². The minimum atomic E-state index is -1.56. The number of Topliss-reactive ketones (excluding diaryl/α,β-unsaturated/α-hetero) is 1. The molecular formula is C24H24N2O7S. The normalized spacial score (nSPS) is 29.5. The first-order valence-corrected chi connectivity index (χ1v) is 11.5. The molecule has 2 aliphatic heterocycles. The van der Waals surface area contributed by atoms with E-state index >= 15 is 0 Å². The standard InChI is InChI=1S/C24H24N2O7S/c1-12(28)17-18(15-8-5-9-32-15)14(10-25)23(26-19(17)13-6-3-2-4-7-13)34-24-22(31)21(30)20(29)16(11-27)33-24/h2-9,16,18,20-22,24,26-27,29-31H,11H2,1H3/t16-,18?,20-,21+,22-,24+/m1/s1. The van der Waals surface area contributed by atoms with Crippen LogP contribution >= 0.6 is 11.8 Å². The van der Waals surface area contributed by atoms with Gasteiger partial charge in [-0.2, -0.15) is 5.26 Å². The van der Waals surface area contributed by atoms with Gasteiger partial charge in [0.1, 0.15) is 35.6 Å². The number of aliphatic hydroxyl groups excluding tert-OH is 4. The number of benzene rings is 1. The Balaban J connectivity index is 1.81. The number of rotatable bonds is 6. The van der Waals surface area contributed by atoms with Crippen LogP contribution in [0, 0.1) is 11.3 Å². The maximum atomic E-state index is 12.8. The number of nitriles is 1. The average Bonchev–Trinajstić information content (AvgIpc) is 3.38. The number of carbonyl (C=O) groups is 1. The molecule has 10 heteroatoms. The van der Waals surface area contributed by atoms with Crippen LogP contribution in [0.1, 0.15) is 24.2 Å². The second-order valence-electron chi connectivity index (χ2n) is 7.95. The van der Waals surface area contributed by atoms with E-state index in [2.05, 4.69) is 11.4 Å². The smallest absolute Gasteiger partial charge is 0.159 e. The van der Waals surface area contributed by atoms with E-state index in [9.17, 15) is 30.5 Å². The van der Waals surface area contributed by atoms with E-state index < -0.39 is 42.4 Å². The van der Waals surface area contributed by atoms with Gasteiger partial charge in [0.25, 0.3) is 0 Å². The van der Waals surface area contributed by atoms with E-state index in [1.54, 1.807) is 12.1 Å². The minimum Gasteiger partial charge on any atom is -0.468 e. The number of hydrogen-bond acceptors (Lipinski definition) is 10. The van der Waals surface area contributed by atoms with Crippen LogP contribution in [-0.2, 0) is 9.53 Å². The van der Waals surface area contributed by atoms with Crippen LogP contribution in [0.5, 0.6) is 0 Å². The number of thioether (sulfide) groups is 1. The number of furan rings is 1. The molecule has 3 heterocycles. The van der Waals surface area contributed by atoms with Crippen LogP contribution in [0.15, 0.2) is 69.3 Å². The Kier molecular flexibility index (Phi) is 7.23. The Morgan fingerprint density at radius 2 is 1.85 bits per heavy atom. The summed E-state index contributed by atoms with van der Waals surface area (Å²) in [5.74, 6) is -0.678. The average molecular weight is 485 g/mol. The summed E-state index contributed by atoms with van der Waals surface area (Å²) in [6, 6.07) is 14.6. The third kappa shape index (κ3) is 4.42. The van der Waals surface area contributed by atoms with Gasteiger partial charge in [0, 0.05) is 5.57 Å². The van der Waals surface area contributed by atoms with Crippen LogP contribution in [-0.4, -0.2) is 62.7 Å². The molecule has 0 radical (unpaired) electrons. The molecule has 6 atom stereocenters. The van der Waals surface area contributed by atoms with Gasteiger partial charge in [0.15, 0.2) is 5.78 Å². The van der Waals surface area contributed by atoms with E-state index in [0.717, 1.165) is 11.8 Å². The summed E-state index contributed by atoms with van der Waals surface area (Å²) in [6.07, 6.45) is -4.20. The molecule has 1 saturated heterocycles. The van der Waals surface area contributed by atoms with Gasteiger partial charge < -0.3 is 34.9 Å². The molecule has 1 aromatic carbocycles. The fraction of sp³-hybridized carbons (Fsp3) is 0.333. The highest BCUT2D eigenvalue weighted by Crippen LogP contribution is 2.45. The number of aliphatic hydroxyl groups is 4. The minimum absolute atomic E-state index is 0.168. The summed E-state index contributed by atoms with van der Waals surface area (Å²) in [5, 5.41) is 53.9. The van der Waals surface area contributed by atoms with Crippen molar-refractivity contribution in [1.82, 2.24) is 5.32 Å². The number of ether oxygens (including phenoxy) is 1. The second kappa shape index (κ2) is 10.1. The molecular weight excluding hydrogens is 460 g/mol. The first kappa shape index (κ1) is 24.2. The van der Waals surface area contributed by atoms with Gasteiger partial charge in [-0.3, -0.25) is 4.79 Å². The Morgan fingerprint density at radius 1 is 1.12 bits per heavy atom. The van der Waals surface area contributed by atoms with Crippen molar-refractivity contribution < 1.29 is 34.4 Å². The topological polar surface area (TPSA) is 156 Å². The van der Waals surface area contributed by atoms with Gasteiger partial charge in [-0.15, -0.1) is 0 Å². The molecule has 178 valence electrons. The lowest BCUT2D eigenvalue weighted by Gasteiger charge is -2.40. The van der Waals surface area contributed by atoms with E-state index in [0.29, 0.717) is 22.6 Å². The lowest BCUT2D eigenvalue weighted by molar-refractivity contribution is -0.205. The lowest BCUT2D eigenvalue weighted by atomic mass is 9.82. The molecule has 5 N–H and O–H groups in total. The Bertz CT molecular complexity index is 1140. The molecule has 9 nitrogen and oxygen atoms in total. The predicted molar refractivity (Wildman–Crippen MR) is 123 cm³/mol.